The molecular formula is C15H23NO3. The van der Waals surface area contributed by atoms with E-state index in [1.807, 2.05) is 18.2 Å². The molecule has 1 fully saturated rings. The molecule has 1 saturated heterocycles. The summed E-state index contributed by atoms with van der Waals surface area (Å²) in [5, 5.41) is 0. The van der Waals surface area contributed by atoms with Gasteiger partial charge in [-0.15, -0.1) is 0 Å². The molecule has 19 heavy (non-hydrogen) atoms. The van der Waals surface area contributed by atoms with E-state index >= 15 is 0 Å². The molecule has 0 aromatic heterocycles. The van der Waals surface area contributed by atoms with Crippen molar-refractivity contribution in [2.24, 2.45) is 0 Å². The van der Waals surface area contributed by atoms with Gasteiger partial charge in [0.1, 0.15) is 6.61 Å². The highest BCUT2D eigenvalue weighted by Gasteiger charge is 2.13. The van der Waals surface area contributed by atoms with Gasteiger partial charge in [-0.2, -0.15) is 0 Å². The largest absolute Gasteiger partial charge is 0.493 e. The molecule has 0 spiro atoms. The lowest BCUT2D eigenvalue weighted by atomic mass is 10.1. The van der Waals surface area contributed by atoms with Crippen molar-refractivity contribution in [2.45, 2.75) is 19.3 Å². The van der Waals surface area contributed by atoms with E-state index in [1.165, 1.54) is 32.4 Å². The fourth-order valence-electron chi connectivity index (χ4n) is 2.42. The van der Waals surface area contributed by atoms with Crippen molar-refractivity contribution in [2.75, 3.05) is 40.5 Å². The van der Waals surface area contributed by atoms with E-state index < -0.39 is 0 Å². The van der Waals surface area contributed by atoms with Gasteiger partial charge in [0.15, 0.2) is 11.5 Å². The molecule has 4 nitrogen and oxygen atoms in total. The second kappa shape index (κ2) is 7.24. The van der Waals surface area contributed by atoms with Gasteiger partial charge < -0.3 is 14.2 Å². The van der Waals surface area contributed by atoms with Crippen LogP contribution in [-0.2, 0) is 0 Å². The predicted octanol–water partition coefficient (Wildman–Crippen LogP) is 2.57. The van der Waals surface area contributed by atoms with Crippen LogP contribution in [0, 0.1) is 0 Å². The zero-order chi connectivity index (χ0) is 13.5. The van der Waals surface area contributed by atoms with Gasteiger partial charge in [-0.1, -0.05) is 12.5 Å². The van der Waals surface area contributed by atoms with Crippen LogP contribution in [0.1, 0.15) is 19.3 Å². The number of methoxy groups -OCH3 is 2. The highest BCUT2D eigenvalue weighted by Crippen LogP contribution is 2.36. The molecule has 0 amide bonds. The zero-order valence-electron chi connectivity index (χ0n) is 11.9. The summed E-state index contributed by atoms with van der Waals surface area (Å²) in [6.07, 6.45) is 3.97. The molecule has 106 valence electrons. The van der Waals surface area contributed by atoms with E-state index in [9.17, 15) is 0 Å². The minimum absolute atomic E-state index is 0.663. The number of nitrogens with zero attached hydrogens (tertiary/aromatic N) is 1. The Bertz CT molecular complexity index is 367. The molecule has 0 bridgehead atoms. The fourth-order valence-corrected chi connectivity index (χ4v) is 2.42. The highest BCUT2D eigenvalue weighted by molar-refractivity contribution is 5.51. The third kappa shape index (κ3) is 3.77. The zero-order valence-corrected chi connectivity index (χ0v) is 11.9. The first-order valence-corrected chi connectivity index (χ1v) is 6.91. The molecule has 1 heterocycles. The maximum Gasteiger partial charge on any atom is 0.203 e. The molecule has 2 rings (SSSR count). The average Bonchev–Trinajstić information content (AvgIpc) is 2.48. The van der Waals surface area contributed by atoms with Crippen molar-refractivity contribution >= 4 is 0 Å². The number of hydrogen-bond donors (Lipinski definition) is 0. The van der Waals surface area contributed by atoms with Crippen LogP contribution in [-0.4, -0.2) is 45.4 Å². The van der Waals surface area contributed by atoms with E-state index in [0.717, 1.165) is 18.0 Å². The SMILES string of the molecule is COc1cccc(OC)c1OCCN1CCCCC1. The molecule has 0 radical (unpaired) electrons. The Morgan fingerprint density at radius 1 is 1.00 bits per heavy atom. The summed E-state index contributed by atoms with van der Waals surface area (Å²) in [6.45, 7) is 4.00. The summed E-state index contributed by atoms with van der Waals surface area (Å²) in [5.41, 5.74) is 0. The smallest absolute Gasteiger partial charge is 0.203 e. The van der Waals surface area contributed by atoms with Gasteiger partial charge in [0.05, 0.1) is 14.2 Å². The topological polar surface area (TPSA) is 30.9 Å². The summed E-state index contributed by atoms with van der Waals surface area (Å²) in [4.78, 5) is 2.45. The van der Waals surface area contributed by atoms with Crippen LogP contribution in [0.5, 0.6) is 17.2 Å². The summed E-state index contributed by atoms with van der Waals surface area (Å²) >= 11 is 0. The Balaban J connectivity index is 1.90. The molecule has 1 aromatic rings. The predicted molar refractivity (Wildman–Crippen MR) is 75.3 cm³/mol. The lowest BCUT2D eigenvalue weighted by molar-refractivity contribution is 0.177. The summed E-state index contributed by atoms with van der Waals surface area (Å²) in [5.74, 6) is 2.14. The number of ether oxygens (including phenoxy) is 3. The van der Waals surface area contributed by atoms with E-state index in [-0.39, 0.29) is 0 Å². The highest BCUT2D eigenvalue weighted by atomic mass is 16.5. The van der Waals surface area contributed by atoms with Gasteiger partial charge in [-0.05, 0) is 38.1 Å². The number of rotatable bonds is 6. The summed E-state index contributed by atoms with van der Waals surface area (Å²) in [6, 6.07) is 5.67. The number of hydrogen-bond acceptors (Lipinski definition) is 4. The summed E-state index contributed by atoms with van der Waals surface area (Å²) < 4.78 is 16.5. The third-order valence-electron chi connectivity index (χ3n) is 3.49. The Morgan fingerprint density at radius 2 is 1.63 bits per heavy atom. The van der Waals surface area contributed by atoms with Crippen LogP contribution in [0.15, 0.2) is 18.2 Å². The molecule has 0 atom stereocenters. The van der Waals surface area contributed by atoms with Crippen LogP contribution in [0.3, 0.4) is 0 Å². The minimum atomic E-state index is 0.663. The maximum absolute atomic E-state index is 5.86. The van der Waals surface area contributed by atoms with Crippen molar-refractivity contribution in [1.82, 2.24) is 4.90 Å². The first kappa shape index (κ1) is 14.0. The molecule has 0 aliphatic carbocycles. The molecule has 1 aliphatic rings. The Morgan fingerprint density at radius 3 is 2.21 bits per heavy atom. The second-order valence-electron chi connectivity index (χ2n) is 4.74. The Kier molecular flexibility index (Phi) is 5.33. The molecule has 0 N–H and O–H groups in total. The van der Waals surface area contributed by atoms with Crippen molar-refractivity contribution in [1.29, 1.82) is 0 Å². The first-order valence-electron chi connectivity index (χ1n) is 6.91. The molecule has 4 heteroatoms. The van der Waals surface area contributed by atoms with E-state index in [4.69, 9.17) is 14.2 Å². The van der Waals surface area contributed by atoms with Gasteiger partial charge in [0.25, 0.3) is 0 Å². The number of piperidine rings is 1. The number of benzene rings is 1. The van der Waals surface area contributed by atoms with Crippen LogP contribution in [0.25, 0.3) is 0 Å². The van der Waals surface area contributed by atoms with Crippen molar-refractivity contribution in [3.63, 3.8) is 0 Å². The number of likely N-dealkylation sites (tertiary alicyclic amines) is 1. The second-order valence-corrected chi connectivity index (χ2v) is 4.74. The van der Waals surface area contributed by atoms with E-state index in [1.54, 1.807) is 14.2 Å². The van der Waals surface area contributed by atoms with Crippen LogP contribution >= 0.6 is 0 Å². The van der Waals surface area contributed by atoms with Crippen LogP contribution < -0.4 is 14.2 Å². The maximum atomic E-state index is 5.86. The van der Waals surface area contributed by atoms with Gasteiger partial charge in [-0.25, -0.2) is 0 Å². The minimum Gasteiger partial charge on any atom is -0.493 e. The molecule has 0 saturated carbocycles. The van der Waals surface area contributed by atoms with Gasteiger partial charge in [0, 0.05) is 6.54 Å². The van der Waals surface area contributed by atoms with E-state index in [2.05, 4.69) is 4.90 Å². The van der Waals surface area contributed by atoms with Crippen LogP contribution in [0.2, 0.25) is 0 Å². The van der Waals surface area contributed by atoms with Gasteiger partial charge >= 0.3 is 0 Å². The first-order chi connectivity index (χ1) is 9.35. The third-order valence-corrected chi connectivity index (χ3v) is 3.49. The molecule has 1 aromatic carbocycles. The quantitative estimate of drug-likeness (QED) is 0.791. The summed E-state index contributed by atoms with van der Waals surface area (Å²) in [7, 11) is 3.29. The lowest BCUT2D eigenvalue weighted by Crippen LogP contribution is -2.33. The lowest BCUT2D eigenvalue weighted by Gasteiger charge is -2.26. The standard InChI is InChI=1S/C15H23NO3/c1-17-13-7-6-8-14(18-2)15(13)19-12-11-16-9-4-3-5-10-16/h6-8H,3-5,9-12H2,1-2H3. The average molecular weight is 265 g/mol. The molecular weight excluding hydrogens is 242 g/mol. The van der Waals surface area contributed by atoms with Crippen molar-refractivity contribution in [3.8, 4) is 17.2 Å². The van der Waals surface area contributed by atoms with Crippen molar-refractivity contribution in [3.05, 3.63) is 18.2 Å². The molecule has 1 aliphatic heterocycles. The normalized spacial score (nSPS) is 16.1. The number of para-hydroxylation sites is 1. The van der Waals surface area contributed by atoms with Crippen LogP contribution in [0.4, 0.5) is 0 Å². The van der Waals surface area contributed by atoms with Gasteiger partial charge in [-0.3, -0.25) is 4.90 Å². The van der Waals surface area contributed by atoms with Gasteiger partial charge in [0.2, 0.25) is 5.75 Å². The Hall–Kier alpha value is -1.42. The molecule has 0 unspecified atom stereocenters. The van der Waals surface area contributed by atoms with E-state index in [0.29, 0.717) is 12.4 Å². The Labute approximate surface area is 115 Å². The van der Waals surface area contributed by atoms with Crippen molar-refractivity contribution < 1.29 is 14.2 Å². The fraction of sp³-hybridized carbons (Fsp3) is 0.600. The monoisotopic (exact) mass is 265 g/mol.